The lowest BCUT2D eigenvalue weighted by Crippen LogP contribution is -2.65. The average Bonchev–Trinajstić information content (AvgIpc) is 2.88. The fourth-order valence-corrected chi connectivity index (χ4v) is 3.09. The highest BCUT2D eigenvalue weighted by Gasteiger charge is 2.46. The van der Waals surface area contributed by atoms with E-state index in [4.69, 9.17) is 4.74 Å². The van der Waals surface area contributed by atoms with Crippen LogP contribution >= 0.6 is 0 Å². The summed E-state index contributed by atoms with van der Waals surface area (Å²) >= 11 is 0. The highest BCUT2D eigenvalue weighted by molar-refractivity contribution is 5.93. The Morgan fingerprint density at radius 3 is 2.71 bits per heavy atom. The standard InChI is InChI=1S/C16H20N2O3/c1-16(2)15(20)17(3)8-9-18(16)14(19)13-10-11-6-4-5-7-12(11)21-13/h4-7,13H,8-10H2,1-3H3/t13-/m0/s1. The fourth-order valence-electron chi connectivity index (χ4n) is 3.09. The number of benzene rings is 1. The molecule has 3 rings (SSSR count). The number of likely N-dealkylation sites (N-methyl/N-ethyl adjacent to an activating group) is 1. The predicted molar refractivity (Wildman–Crippen MR) is 78.0 cm³/mol. The topological polar surface area (TPSA) is 49.9 Å². The van der Waals surface area contributed by atoms with Gasteiger partial charge in [0.25, 0.3) is 5.91 Å². The van der Waals surface area contributed by atoms with Crippen molar-refractivity contribution in [2.45, 2.75) is 31.9 Å². The maximum Gasteiger partial charge on any atom is 0.264 e. The van der Waals surface area contributed by atoms with Gasteiger partial charge >= 0.3 is 0 Å². The van der Waals surface area contributed by atoms with Crippen molar-refractivity contribution in [3.63, 3.8) is 0 Å². The first-order valence-electron chi connectivity index (χ1n) is 7.23. The molecule has 0 aromatic heterocycles. The summed E-state index contributed by atoms with van der Waals surface area (Å²) in [6.45, 7) is 4.70. The van der Waals surface area contributed by atoms with Gasteiger partial charge in [-0.15, -0.1) is 0 Å². The monoisotopic (exact) mass is 288 g/mol. The van der Waals surface area contributed by atoms with Gasteiger partial charge in [0.15, 0.2) is 6.10 Å². The number of nitrogens with zero attached hydrogens (tertiary/aromatic N) is 2. The molecule has 1 saturated heterocycles. The number of carbonyl (C=O) groups excluding carboxylic acids is 2. The molecule has 1 fully saturated rings. The Morgan fingerprint density at radius 2 is 2.00 bits per heavy atom. The summed E-state index contributed by atoms with van der Waals surface area (Å²) in [5, 5.41) is 0. The third-order valence-electron chi connectivity index (χ3n) is 4.39. The number of para-hydroxylation sites is 1. The molecular formula is C16H20N2O3. The van der Waals surface area contributed by atoms with E-state index in [2.05, 4.69) is 0 Å². The SMILES string of the molecule is CN1CCN(C(=O)[C@@H]2Cc3ccccc3O2)C(C)(C)C1=O. The van der Waals surface area contributed by atoms with Crippen LogP contribution in [0.2, 0.25) is 0 Å². The van der Waals surface area contributed by atoms with Crippen LogP contribution in [-0.4, -0.2) is 53.4 Å². The summed E-state index contributed by atoms with van der Waals surface area (Å²) in [4.78, 5) is 28.4. The first-order chi connectivity index (χ1) is 9.91. The minimum atomic E-state index is -0.817. The third kappa shape index (κ3) is 2.17. The Balaban J connectivity index is 1.79. The lowest BCUT2D eigenvalue weighted by Gasteiger charge is -2.45. The zero-order valence-corrected chi connectivity index (χ0v) is 12.6. The first kappa shape index (κ1) is 13.9. The van der Waals surface area contributed by atoms with Gasteiger partial charge in [0, 0.05) is 26.6 Å². The van der Waals surface area contributed by atoms with E-state index in [9.17, 15) is 9.59 Å². The Labute approximate surface area is 124 Å². The Morgan fingerprint density at radius 1 is 1.29 bits per heavy atom. The van der Waals surface area contributed by atoms with Gasteiger partial charge in [-0.3, -0.25) is 9.59 Å². The van der Waals surface area contributed by atoms with Crippen molar-refractivity contribution in [1.29, 1.82) is 0 Å². The molecule has 112 valence electrons. The molecule has 0 spiro atoms. The van der Waals surface area contributed by atoms with E-state index in [1.54, 1.807) is 30.7 Å². The molecule has 1 aromatic rings. The van der Waals surface area contributed by atoms with Crippen LogP contribution in [0.25, 0.3) is 0 Å². The number of carbonyl (C=O) groups is 2. The van der Waals surface area contributed by atoms with E-state index in [0.717, 1.165) is 11.3 Å². The molecule has 5 heteroatoms. The molecule has 21 heavy (non-hydrogen) atoms. The lowest BCUT2D eigenvalue weighted by atomic mass is 9.96. The molecular weight excluding hydrogens is 268 g/mol. The number of ether oxygens (including phenoxy) is 1. The smallest absolute Gasteiger partial charge is 0.264 e. The van der Waals surface area contributed by atoms with Gasteiger partial charge in [-0.1, -0.05) is 18.2 Å². The van der Waals surface area contributed by atoms with Crippen molar-refractivity contribution >= 4 is 11.8 Å². The highest BCUT2D eigenvalue weighted by Crippen LogP contribution is 2.31. The van der Waals surface area contributed by atoms with Crippen LogP contribution in [0.4, 0.5) is 0 Å². The molecule has 1 aromatic carbocycles. The van der Waals surface area contributed by atoms with Crippen molar-refractivity contribution in [3.8, 4) is 5.75 Å². The van der Waals surface area contributed by atoms with Crippen molar-refractivity contribution in [2.75, 3.05) is 20.1 Å². The van der Waals surface area contributed by atoms with Crippen molar-refractivity contribution in [3.05, 3.63) is 29.8 Å². The zero-order valence-electron chi connectivity index (χ0n) is 12.6. The van der Waals surface area contributed by atoms with Gasteiger partial charge in [-0.2, -0.15) is 0 Å². The molecule has 2 amide bonds. The van der Waals surface area contributed by atoms with Crippen LogP contribution < -0.4 is 4.74 Å². The van der Waals surface area contributed by atoms with Crippen LogP contribution in [0.5, 0.6) is 5.75 Å². The summed E-state index contributed by atoms with van der Waals surface area (Å²) in [5.74, 6) is 0.643. The maximum absolute atomic E-state index is 12.8. The summed E-state index contributed by atoms with van der Waals surface area (Å²) in [6.07, 6.45) is 0.0592. The van der Waals surface area contributed by atoms with Crippen molar-refractivity contribution < 1.29 is 14.3 Å². The van der Waals surface area contributed by atoms with Gasteiger partial charge < -0.3 is 14.5 Å². The van der Waals surface area contributed by atoms with Gasteiger partial charge in [0.05, 0.1) is 0 Å². The van der Waals surface area contributed by atoms with E-state index >= 15 is 0 Å². The molecule has 0 unspecified atom stereocenters. The summed E-state index contributed by atoms with van der Waals surface area (Å²) < 4.78 is 5.76. The molecule has 0 aliphatic carbocycles. The highest BCUT2D eigenvalue weighted by atomic mass is 16.5. The number of hydrogen-bond acceptors (Lipinski definition) is 3. The van der Waals surface area contributed by atoms with E-state index < -0.39 is 11.6 Å². The molecule has 2 aliphatic heterocycles. The molecule has 2 heterocycles. The van der Waals surface area contributed by atoms with Crippen LogP contribution in [0.15, 0.2) is 24.3 Å². The van der Waals surface area contributed by atoms with Gasteiger partial charge in [0.2, 0.25) is 5.91 Å². The second-order valence-corrected chi connectivity index (χ2v) is 6.19. The van der Waals surface area contributed by atoms with Crippen LogP contribution in [-0.2, 0) is 16.0 Å². The quantitative estimate of drug-likeness (QED) is 0.776. The Bertz CT molecular complexity index is 572. The minimum absolute atomic E-state index is 0.0300. The van der Waals surface area contributed by atoms with E-state index in [-0.39, 0.29) is 11.8 Å². The van der Waals surface area contributed by atoms with Crippen LogP contribution in [0.1, 0.15) is 19.4 Å². The Kier molecular flexibility index (Phi) is 3.15. The van der Waals surface area contributed by atoms with Crippen molar-refractivity contribution in [1.82, 2.24) is 9.80 Å². The van der Waals surface area contributed by atoms with Gasteiger partial charge in [0.1, 0.15) is 11.3 Å². The lowest BCUT2D eigenvalue weighted by molar-refractivity contribution is -0.160. The summed E-state index contributed by atoms with van der Waals surface area (Å²) in [6, 6.07) is 7.69. The number of fused-ring (bicyclic) bond motifs is 1. The van der Waals surface area contributed by atoms with E-state index in [1.165, 1.54) is 0 Å². The fraction of sp³-hybridized carbons (Fsp3) is 0.500. The number of hydrogen-bond donors (Lipinski definition) is 0. The first-order valence-corrected chi connectivity index (χ1v) is 7.23. The number of rotatable bonds is 1. The molecule has 1 atom stereocenters. The Hall–Kier alpha value is -2.04. The van der Waals surface area contributed by atoms with Crippen molar-refractivity contribution in [2.24, 2.45) is 0 Å². The average molecular weight is 288 g/mol. The van der Waals surface area contributed by atoms with Gasteiger partial charge in [-0.05, 0) is 25.5 Å². The second kappa shape index (κ2) is 4.76. The zero-order chi connectivity index (χ0) is 15.2. The second-order valence-electron chi connectivity index (χ2n) is 6.19. The van der Waals surface area contributed by atoms with Crippen LogP contribution in [0, 0.1) is 0 Å². The van der Waals surface area contributed by atoms with E-state index in [1.807, 2.05) is 24.3 Å². The summed E-state index contributed by atoms with van der Waals surface area (Å²) in [5.41, 5.74) is 0.233. The number of piperazine rings is 1. The number of amides is 2. The molecule has 0 radical (unpaired) electrons. The molecule has 0 N–H and O–H groups in total. The maximum atomic E-state index is 12.8. The minimum Gasteiger partial charge on any atom is -0.480 e. The normalized spacial score (nSPS) is 23.8. The van der Waals surface area contributed by atoms with Crippen LogP contribution in [0.3, 0.4) is 0 Å². The molecule has 0 saturated carbocycles. The third-order valence-corrected chi connectivity index (χ3v) is 4.39. The molecule has 5 nitrogen and oxygen atoms in total. The summed E-state index contributed by atoms with van der Waals surface area (Å²) in [7, 11) is 1.77. The van der Waals surface area contributed by atoms with Gasteiger partial charge in [-0.25, -0.2) is 0 Å². The molecule has 0 bridgehead atoms. The molecule has 2 aliphatic rings. The van der Waals surface area contributed by atoms with E-state index in [0.29, 0.717) is 19.5 Å². The largest absolute Gasteiger partial charge is 0.480 e. The predicted octanol–water partition coefficient (Wildman–Crippen LogP) is 1.07.